The van der Waals surface area contributed by atoms with Crippen LogP contribution in [-0.2, 0) is 30.8 Å². The molecule has 1 aromatic rings. The molecule has 3 amide bonds. The second kappa shape index (κ2) is 11.8. The Kier molecular flexibility index (Phi) is 8.54. The molecule has 4 aliphatic rings. The highest BCUT2D eigenvalue weighted by atomic mass is 32.2. The highest BCUT2D eigenvalue weighted by Crippen LogP contribution is 2.40. The highest BCUT2D eigenvalue weighted by molar-refractivity contribution is 7.88. The number of sulfonamides is 1. The van der Waals surface area contributed by atoms with Gasteiger partial charge in [-0.15, -0.1) is 0 Å². The van der Waals surface area contributed by atoms with Gasteiger partial charge >= 0.3 is 0 Å². The zero-order chi connectivity index (χ0) is 28.6. The van der Waals surface area contributed by atoms with Gasteiger partial charge in [-0.1, -0.05) is 43.5 Å². The van der Waals surface area contributed by atoms with Gasteiger partial charge in [-0.05, 0) is 63.1 Å². The monoisotopic (exact) mass is 573 g/mol. The first kappa shape index (κ1) is 29.0. The van der Waals surface area contributed by atoms with E-state index in [0.717, 1.165) is 50.5 Å². The lowest BCUT2D eigenvalue weighted by molar-refractivity contribution is -0.141. The number of likely N-dealkylation sites (tertiary alicyclic amines) is 1. The third kappa shape index (κ3) is 5.65. The second-order valence-electron chi connectivity index (χ2n) is 12.0. The van der Waals surface area contributed by atoms with Crippen LogP contribution in [0.25, 0.3) is 0 Å². The summed E-state index contributed by atoms with van der Waals surface area (Å²) in [6.45, 7) is 2.17. The van der Waals surface area contributed by atoms with Crippen molar-refractivity contribution in [3.8, 4) is 0 Å². The molecule has 1 aromatic carbocycles. The van der Waals surface area contributed by atoms with Gasteiger partial charge in [0, 0.05) is 19.1 Å². The standard InChI is InChI=1S/C29H43N5O5S/c1-18(30-2)27(35)32-25(20-10-5-4-6-11-20)29(37)33-16-15-24-26(33)22(17-34(24)40(3,38)39)28(36)31-23-14-13-19-9-7-8-12-21(19)23/h7-9,12,18,20,22-26,30H,4-6,10-11,13-17H2,1-3H3,(H,31,36)(H,32,35). The lowest BCUT2D eigenvalue weighted by Crippen LogP contribution is -2.58. The van der Waals surface area contributed by atoms with E-state index in [-0.39, 0.29) is 36.2 Å². The summed E-state index contributed by atoms with van der Waals surface area (Å²) < 4.78 is 27.0. The van der Waals surface area contributed by atoms with Crippen molar-refractivity contribution in [2.24, 2.45) is 11.8 Å². The SMILES string of the molecule is CNC(C)C(=O)NC(C(=O)N1CCC2C1C(C(=O)NC1CCc3ccccc31)CN2S(C)(=O)=O)C1CCCCC1. The lowest BCUT2D eigenvalue weighted by atomic mass is 9.83. The minimum Gasteiger partial charge on any atom is -0.349 e. The molecule has 1 saturated carbocycles. The largest absolute Gasteiger partial charge is 0.349 e. The molecule has 0 radical (unpaired) electrons. The van der Waals surface area contributed by atoms with E-state index in [0.29, 0.717) is 13.0 Å². The van der Waals surface area contributed by atoms with E-state index in [1.54, 1.807) is 18.9 Å². The smallest absolute Gasteiger partial charge is 0.245 e. The van der Waals surface area contributed by atoms with Gasteiger partial charge in [-0.2, -0.15) is 4.31 Å². The van der Waals surface area contributed by atoms with Crippen molar-refractivity contribution in [2.45, 2.75) is 88.5 Å². The van der Waals surface area contributed by atoms with E-state index in [1.165, 1.54) is 16.1 Å². The van der Waals surface area contributed by atoms with Crippen LogP contribution in [0.5, 0.6) is 0 Å². The predicted octanol–water partition coefficient (Wildman–Crippen LogP) is 1.32. The number of hydrogen-bond acceptors (Lipinski definition) is 6. The molecule has 3 fully saturated rings. The van der Waals surface area contributed by atoms with Crippen LogP contribution in [0.4, 0.5) is 0 Å². The summed E-state index contributed by atoms with van der Waals surface area (Å²) in [6.07, 6.45) is 8.16. The van der Waals surface area contributed by atoms with Gasteiger partial charge in [-0.3, -0.25) is 14.4 Å². The Balaban J connectivity index is 1.41. The number of hydrogen-bond donors (Lipinski definition) is 3. The molecule has 10 nitrogen and oxygen atoms in total. The van der Waals surface area contributed by atoms with Gasteiger partial charge in [0.15, 0.2) is 0 Å². The fraction of sp³-hybridized carbons (Fsp3) is 0.690. The Morgan fingerprint density at radius 1 is 1.02 bits per heavy atom. The lowest BCUT2D eigenvalue weighted by Gasteiger charge is -2.36. The first-order valence-corrected chi connectivity index (χ1v) is 16.6. The topological polar surface area (TPSA) is 128 Å². The van der Waals surface area contributed by atoms with Crippen LogP contribution in [0.1, 0.15) is 69.0 Å². The summed E-state index contributed by atoms with van der Waals surface area (Å²) in [5, 5.41) is 9.16. The Hall–Kier alpha value is -2.50. The molecule has 6 atom stereocenters. The van der Waals surface area contributed by atoms with E-state index in [4.69, 9.17) is 0 Å². The Bertz CT molecular complexity index is 1230. The van der Waals surface area contributed by atoms with Gasteiger partial charge in [0.05, 0.1) is 30.3 Å². The fourth-order valence-electron chi connectivity index (χ4n) is 7.33. The molecule has 6 unspecified atom stereocenters. The molecule has 2 heterocycles. The number of amides is 3. The number of rotatable bonds is 8. The van der Waals surface area contributed by atoms with E-state index < -0.39 is 40.1 Å². The average molecular weight is 574 g/mol. The molecule has 0 bridgehead atoms. The number of likely N-dealkylation sites (N-methyl/N-ethyl adjacent to an activating group) is 1. The number of aryl methyl sites for hydroxylation is 1. The quantitative estimate of drug-likeness (QED) is 0.431. The van der Waals surface area contributed by atoms with Crippen LogP contribution in [0, 0.1) is 11.8 Å². The first-order valence-electron chi connectivity index (χ1n) is 14.7. The molecule has 2 aliphatic carbocycles. The first-order chi connectivity index (χ1) is 19.1. The third-order valence-electron chi connectivity index (χ3n) is 9.59. The zero-order valence-corrected chi connectivity index (χ0v) is 24.6. The van der Waals surface area contributed by atoms with Crippen molar-refractivity contribution in [1.82, 2.24) is 25.2 Å². The molecule has 0 spiro atoms. The molecule has 40 heavy (non-hydrogen) atoms. The zero-order valence-electron chi connectivity index (χ0n) is 23.8. The molecule has 3 N–H and O–H groups in total. The molecule has 220 valence electrons. The van der Waals surface area contributed by atoms with Crippen LogP contribution in [0.2, 0.25) is 0 Å². The number of benzene rings is 1. The minimum absolute atomic E-state index is 0.0167. The van der Waals surface area contributed by atoms with E-state index in [2.05, 4.69) is 22.0 Å². The van der Waals surface area contributed by atoms with Crippen LogP contribution >= 0.6 is 0 Å². The third-order valence-corrected chi connectivity index (χ3v) is 10.9. The maximum absolute atomic E-state index is 14.3. The Morgan fingerprint density at radius 2 is 1.75 bits per heavy atom. The average Bonchev–Trinajstić information content (AvgIpc) is 3.65. The Morgan fingerprint density at radius 3 is 2.45 bits per heavy atom. The maximum Gasteiger partial charge on any atom is 0.245 e. The van der Waals surface area contributed by atoms with Gasteiger partial charge in [0.1, 0.15) is 6.04 Å². The summed E-state index contributed by atoms with van der Waals surface area (Å²) in [6, 6.07) is 5.77. The molecular formula is C29H43N5O5S. The summed E-state index contributed by atoms with van der Waals surface area (Å²) in [5.74, 6) is -1.32. The normalized spacial score (nSPS) is 28.5. The number of carbonyl (C=O) groups is 3. The molecular weight excluding hydrogens is 530 g/mol. The highest BCUT2D eigenvalue weighted by Gasteiger charge is 2.56. The fourth-order valence-corrected chi connectivity index (χ4v) is 8.49. The van der Waals surface area contributed by atoms with Crippen LogP contribution in [-0.4, -0.2) is 85.9 Å². The van der Waals surface area contributed by atoms with E-state index >= 15 is 0 Å². The summed E-state index contributed by atoms with van der Waals surface area (Å²) >= 11 is 0. The summed E-state index contributed by atoms with van der Waals surface area (Å²) in [4.78, 5) is 42.7. The van der Waals surface area contributed by atoms with E-state index in [9.17, 15) is 22.8 Å². The molecule has 5 rings (SSSR count). The summed E-state index contributed by atoms with van der Waals surface area (Å²) in [5.41, 5.74) is 2.32. The maximum atomic E-state index is 14.3. The van der Waals surface area contributed by atoms with Gasteiger partial charge in [0.25, 0.3) is 0 Å². The number of fused-ring (bicyclic) bond motifs is 2. The van der Waals surface area contributed by atoms with Gasteiger partial charge in [0.2, 0.25) is 27.7 Å². The molecule has 11 heteroatoms. The van der Waals surface area contributed by atoms with Crippen LogP contribution in [0.15, 0.2) is 24.3 Å². The number of carbonyl (C=O) groups excluding carboxylic acids is 3. The number of nitrogens with one attached hydrogen (secondary N) is 3. The molecule has 2 saturated heterocycles. The van der Waals surface area contributed by atoms with Crippen molar-refractivity contribution < 1.29 is 22.8 Å². The minimum atomic E-state index is -3.59. The Labute approximate surface area is 237 Å². The molecule has 0 aromatic heterocycles. The van der Waals surface area contributed by atoms with Crippen molar-refractivity contribution in [1.29, 1.82) is 0 Å². The van der Waals surface area contributed by atoms with E-state index in [1.807, 2.05) is 18.2 Å². The van der Waals surface area contributed by atoms with Crippen LogP contribution < -0.4 is 16.0 Å². The van der Waals surface area contributed by atoms with Gasteiger partial charge in [-0.25, -0.2) is 8.42 Å². The van der Waals surface area contributed by atoms with Crippen LogP contribution in [0.3, 0.4) is 0 Å². The molecule has 2 aliphatic heterocycles. The van der Waals surface area contributed by atoms with Crippen molar-refractivity contribution in [3.05, 3.63) is 35.4 Å². The number of nitrogens with zero attached hydrogens (tertiary/aromatic N) is 2. The summed E-state index contributed by atoms with van der Waals surface area (Å²) in [7, 11) is -1.88. The van der Waals surface area contributed by atoms with Crippen molar-refractivity contribution in [2.75, 3.05) is 26.4 Å². The predicted molar refractivity (Wildman–Crippen MR) is 152 cm³/mol. The van der Waals surface area contributed by atoms with Crippen molar-refractivity contribution in [3.63, 3.8) is 0 Å². The van der Waals surface area contributed by atoms with Crippen molar-refractivity contribution >= 4 is 27.7 Å². The second-order valence-corrected chi connectivity index (χ2v) is 13.9. The van der Waals surface area contributed by atoms with Gasteiger partial charge < -0.3 is 20.9 Å².